The average Bonchev–Trinajstić information content (AvgIpc) is 2.70. The second-order valence-corrected chi connectivity index (χ2v) is 5.56. The number of benzene rings is 1. The Bertz CT molecular complexity index is 584. The molecule has 0 bridgehead atoms. The van der Waals surface area contributed by atoms with Gasteiger partial charge in [0.2, 0.25) is 0 Å². The van der Waals surface area contributed by atoms with Crippen LogP contribution in [-0.4, -0.2) is 0 Å². The first-order valence-corrected chi connectivity index (χ1v) is 7.11. The number of allylic oxidation sites excluding steroid dienone is 6. The molecule has 0 aliphatic heterocycles. The smallest absolute Gasteiger partial charge is 0.0246 e. The van der Waals surface area contributed by atoms with Gasteiger partial charge in [-0.05, 0) is 54.4 Å². The number of rotatable bonds is 0. The first-order chi connectivity index (χ1) is 8.95. The lowest BCUT2D eigenvalue weighted by Crippen LogP contribution is -2.03. The third kappa shape index (κ3) is 1.38. The molecule has 0 heteroatoms. The fourth-order valence-corrected chi connectivity index (χ4v) is 3.75. The van der Waals surface area contributed by atoms with Gasteiger partial charge in [0.15, 0.2) is 0 Å². The lowest BCUT2D eigenvalue weighted by molar-refractivity contribution is 0.800. The first-order valence-electron chi connectivity index (χ1n) is 7.11. The summed E-state index contributed by atoms with van der Waals surface area (Å²) in [6.45, 7) is 0. The molecule has 3 aliphatic rings. The normalized spacial score (nSPS) is 24.6. The summed E-state index contributed by atoms with van der Waals surface area (Å²) >= 11 is 0. The van der Waals surface area contributed by atoms with Crippen LogP contribution in [0, 0.1) is 0 Å². The van der Waals surface area contributed by atoms with Crippen molar-refractivity contribution < 1.29 is 0 Å². The first kappa shape index (κ1) is 10.4. The van der Waals surface area contributed by atoms with Crippen LogP contribution in [0.25, 0.3) is 5.57 Å². The molecule has 0 radical (unpaired) electrons. The molecule has 0 amide bonds. The minimum atomic E-state index is 0.580. The Hall–Kier alpha value is -1.56. The van der Waals surface area contributed by atoms with Crippen molar-refractivity contribution in [2.75, 3.05) is 0 Å². The van der Waals surface area contributed by atoms with Crippen LogP contribution in [0.1, 0.15) is 48.3 Å². The van der Waals surface area contributed by atoms with Crippen molar-refractivity contribution in [2.24, 2.45) is 0 Å². The van der Waals surface area contributed by atoms with Gasteiger partial charge in [-0.1, -0.05) is 48.1 Å². The largest absolute Gasteiger partial charge is 0.0876 e. The molecular weight excluding hydrogens is 216 g/mol. The molecule has 1 aromatic carbocycles. The van der Waals surface area contributed by atoms with Gasteiger partial charge in [0.25, 0.3) is 0 Å². The molecule has 0 saturated heterocycles. The zero-order valence-corrected chi connectivity index (χ0v) is 10.7. The van der Waals surface area contributed by atoms with Crippen LogP contribution in [0.2, 0.25) is 0 Å². The molecule has 90 valence electrons. The summed E-state index contributed by atoms with van der Waals surface area (Å²) in [5.74, 6) is 0.580. The monoisotopic (exact) mass is 234 g/mol. The van der Waals surface area contributed by atoms with E-state index >= 15 is 0 Å². The highest BCUT2D eigenvalue weighted by Crippen LogP contribution is 2.49. The van der Waals surface area contributed by atoms with Crippen LogP contribution in [0.5, 0.6) is 0 Å². The van der Waals surface area contributed by atoms with Gasteiger partial charge in [0, 0.05) is 5.92 Å². The van der Waals surface area contributed by atoms with Gasteiger partial charge in [0.1, 0.15) is 0 Å². The van der Waals surface area contributed by atoms with Crippen molar-refractivity contribution in [1.29, 1.82) is 0 Å². The number of fused-ring (bicyclic) bond motifs is 2. The summed E-state index contributed by atoms with van der Waals surface area (Å²) in [6, 6.07) is 6.93. The van der Waals surface area contributed by atoms with E-state index in [1.165, 1.54) is 19.3 Å². The molecule has 0 aromatic heterocycles. The van der Waals surface area contributed by atoms with Crippen LogP contribution >= 0.6 is 0 Å². The van der Waals surface area contributed by atoms with E-state index in [0.29, 0.717) is 5.92 Å². The molecule has 1 unspecified atom stereocenters. The highest BCUT2D eigenvalue weighted by Gasteiger charge is 2.31. The molecule has 1 aromatic rings. The zero-order valence-electron chi connectivity index (χ0n) is 10.7. The van der Waals surface area contributed by atoms with Gasteiger partial charge in [-0.2, -0.15) is 0 Å². The maximum atomic E-state index is 2.46. The molecule has 0 spiro atoms. The van der Waals surface area contributed by atoms with E-state index < -0.39 is 0 Å². The van der Waals surface area contributed by atoms with E-state index in [2.05, 4.69) is 42.5 Å². The summed E-state index contributed by atoms with van der Waals surface area (Å²) in [5, 5.41) is 0. The minimum absolute atomic E-state index is 0.580. The van der Waals surface area contributed by atoms with Crippen molar-refractivity contribution in [2.45, 2.75) is 38.0 Å². The third-order valence-corrected chi connectivity index (χ3v) is 4.57. The summed E-state index contributed by atoms with van der Waals surface area (Å²) in [5.41, 5.74) is 8.05. The molecule has 0 nitrogen and oxygen atoms in total. The quantitative estimate of drug-likeness (QED) is 0.567. The van der Waals surface area contributed by atoms with Crippen molar-refractivity contribution in [3.63, 3.8) is 0 Å². The van der Waals surface area contributed by atoms with Gasteiger partial charge in [-0.25, -0.2) is 0 Å². The standard InChI is InChI=1S/C18H18/c1-2-7-13-8-6-12-17-15-10-5-4-9-14(15)16(11-3-1)18(13)17/h3-6,8,11-12,16H,1-2,7,9-10H2. The van der Waals surface area contributed by atoms with E-state index in [0.717, 1.165) is 12.8 Å². The maximum Gasteiger partial charge on any atom is 0.0246 e. The van der Waals surface area contributed by atoms with Crippen molar-refractivity contribution in [3.8, 4) is 0 Å². The SMILES string of the molecule is C1=CC2C3=C(CC=CC3)c3cccc(c32)CCC1. The molecule has 0 fully saturated rings. The number of hydrogen-bond acceptors (Lipinski definition) is 0. The lowest BCUT2D eigenvalue weighted by Gasteiger charge is -2.18. The Balaban J connectivity index is 1.95. The summed E-state index contributed by atoms with van der Waals surface area (Å²) in [7, 11) is 0. The molecule has 3 aliphatic carbocycles. The average molecular weight is 234 g/mol. The summed E-state index contributed by atoms with van der Waals surface area (Å²) in [6.07, 6.45) is 15.6. The molecule has 0 N–H and O–H groups in total. The highest BCUT2D eigenvalue weighted by molar-refractivity contribution is 5.82. The van der Waals surface area contributed by atoms with E-state index in [1.54, 1.807) is 27.8 Å². The van der Waals surface area contributed by atoms with E-state index in [4.69, 9.17) is 0 Å². The topological polar surface area (TPSA) is 0 Å². The van der Waals surface area contributed by atoms with Gasteiger partial charge in [-0.3, -0.25) is 0 Å². The van der Waals surface area contributed by atoms with Crippen LogP contribution in [0.3, 0.4) is 0 Å². The predicted molar refractivity (Wildman–Crippen MR) is 76.6 cm³/mol. The van der Waals surface area contributed by atoms with Crippen LogP contribution in [0.15, 0.2) is 48.1 Å². The lowest BCUT2D eigenvalue weighted by atomic mass is 9.86. The maximum absolute atomic E-state index is 2.46. The predicted octanol–water partition coefficient (Wildman–Crippen LogP) is 4.78. The minimum Gasteiger partial charge on any atom is -0.0876 e. The zero-order chi connectivity index (χ0) is 11.9. The Kier molecular flexibility index (Phi) is 2.29. The fourth-order valence-electron chi connectivity index (χ4n) is 3.75. The van der Waals surface area contributed by atoms with Crippen molar-refractivity contribution >= 4 is 5.57 Å². The summed E-state index contributed by atoms with van der Waals surface area (Å²) in [4.78, 5) is 0. The van der Waals surface area contributed by atoms with Crippen LogP contribution in [-0.2, 0) is 6.42 Å². The van der Waals surface area contributed by atoms with E-state index in [9.17, 15) is 0 Å². The third-order valence-electron chi connectivity index (χ3n) is 4.57. The number of aryl methyl sites for hydroxylation is 1. The van der Waals surface area contributed by atoms with Crippen molar-refractivity contribution in [3.05, 3.63) is 64.8 Å². The van der Waals surface area contributed by atoms with Gasteiger partial charge >= 0.3 is 0 Å². The van der Waals surface area contributed by atoms with Crippen molar-refractivity contribution in [1.82, 2.24) is 0 Å². The molecule has 0 saturated carbocycles. The molecule has 4 rings (SSSR count). The second kappa shape index (κ2) is 3.98. The van der Waals surface area contributed by atoms with Gasteiger partial charge < -0.3 is 0 Å². The fraction of sp³-hybridized carbons (Fsp3) is 0.333. The number of hydrogen-bond donors (Lipinski definition) is 0. The van der Waals surface area contributed by atoms with Gasteiger partial charge in [-0.15, -0.1) is 0 Å². The molecule has 1 atom stereocenters. The Morgan fingerprint density at radius 2 is 1.94 bits per heavy atom. The molecular formula is C18H18. The molecule has 18 heavy (non-hydrogen) atoms. The Morgan fingerprint density at radius 3 is 2.94 bits per heavy atom. The Labute approximate surface area is 109 Å². The second-order valence-electron chi connectivity index (χ2n) is 5.56. The van der Waals surface area contributed by atoms with E-state index in [-0.39, 0.29) is 0 Å². The van der Waals surface area contributed by atoms with Gasteiger partial charge in [0.05, 0.1) is 0 Å². The molecule has 0 heterocycles. The Morgan fingerprint density at radius 1 is 1.00 bits per heavy atom. The summed E-state index contributed by atoms with van der Waals surface area (Å²) < 4.78 is 0. The highest BCUT2D eigenvalue weighted by atomic mass is 14.3. The van der Waals surface area contributed by atoms with Crippen LogP contribution in [0.4, 0.5) is 0 Å². The van der Waals surface area contributed by atoms with Crippen LogP contribution < -0.4 is 0 Å². The van der Waals surface area contributed by atoms with E-state index in [1.807, 2.05) is 0 Å².